The molecular formula is C16H21N3O3. The third-order valence-electron chi connectivity index (χ3n) is 4.89. The highest BCUT2D eigenvalue weighted by Crippen LogP contribution is 2.49. The quantitative estimate of drug-likeness (QED) is 0.808. The molecule has 0 aliphatic heterocycles. The maximum atomic E-state index is 11.9. The average Bonchev–Trinajstić information content (AvgIpc) is 3.10. The van der Waals surface area contributed by atoms with Gasteiger partial charge in [0.15, 0.2) is 0 Å². The molecule has 2 bridgehead atoms. The van der Waals surface area contributed by atoms with Gasteiger partial charge in [-0.2, -0.15) is 0 Å². The van der Waals surface area contributed by atoms with Crippen molar-refractivity contribution in [3.63, 3.8) is 0 Å². The summed E-state index contributed by atoms with van der Waals surface area (Å²) >= 11 is 0. The number of amides is 2. The van der Waals surface area contributed by atoms with Crippen LogP contribution in [0.4, 0.5) is 0 Å². The van der Waals surface area contributed by atoms with Gasteiger partial charge in [-0.05, 0) is 43.1 Å². The van der Waals surface area contributed by atoms with Gasteiger partial charge in [-0.15, -0.1) is 0 Å². The summed E-state index contributed by atoms with van der Waals surface area (Å²) in [5.74, 6) is 1.41. The van der Waals surface area contributed by atoms with E-state index in [1.54, 1.807) is 18.3 Å². The van der Waals surface area contributed by atoms with E-state index in [-0.39, 0.29) is 18.0 Å². The maximum absolute atomic E-state index is 11.9. The SMILES string of the molecule is O=C(C[C@@H]1C[C@H]2CC[C@@H]1C2)NNC(=O)Cn1ccccc1=O. The van der Waals surface area contributed by atoms with Gasteiger partial charge in [0.25, 0.3) is 11.5 Å². The summed E-state index contributed by atoms with van der Waals surface area (Å²) < 4.78 is 1.29. The number of hydrogen-bond donors (Lipinski definition) is 2. The zero-order valence-electron chi connectivity index (χ0n) is 12.5. The van der Waals surface area contributed by atoms with Crippen LogP contribution < -0.4 is 16.4 Å². The summed E-state index contributed by atoms with van der Waals surface area (Å²) in [7, 11) is 0. The normalized spacial score (nSPS) is 25.9. The Bertz CT molecular complexity index is 625. The number of nitrogens with one attached hydrogen (secondary N) is 2. The van der Waals surface area contributed by atoms with Gasteiger partial charge in [-0.1, -0.05) is 12.5 Å². The topological polar surface area (TPSA) is 80.2 Å². The first-order chi connectivity index (χ1) is 10.6. The molecule has 6 nitrogen and oxygen atoms in total. The predicted molar refractivity (Wildman–Crippen MR) is 80.5 cm³/mol. The molecule has 118 valence electrons. The Morgan fingerprint density at radius 1 is 1.14 bits per heavy atom. The molecule has 0 saturated heterocycles. The van der Waals surface area contributed by atoms with Crippen molar-refractivity contribution in [2.75, 3.05) is 0 Å². The van der Waals surface area contributed by atoms with Crippen molar-refractivity contribution >= 4 is 11.8 Å². The molecule has 1 aromatic heterocycles. The van der Waals surface area contributed by atoms with E-state index < -0.39 is 5.91 Å². The van der Waals surface area contributed by atoms with Gasteiger partial charge in [-0.3, -0.25) is 25.2 Å². The molecular weight excluding hydrogens is 282 g/mol. The minimum atomic E-state index is -0.408. The highest BCUT2D eigenvalue weighted by atomic mass is 16.2. The van der Waals surface area contributed by atoms with E-state index in [0.717, 1.165) is 12.3 Å². The number of fused-ring (bicyclic) bond motifs is 2. The van der Waals surface area contributed by atoms with Crippen molar-refractivity contribution in [3.05, 3.63) is 34.7 Å². The summed E-state index contributed by atoms with van der Waals surface area (Å²) in [6.45, 7) is -0.103. The van der Waals surface area contributed by atoms with Crippen molar-refractivity contribution in [2.45, 2.75) is 38.6 Å². The van der Waals surface area contributed by atoms with Crippen LogP contribution in [0, 0.1) is 17.8 Å². The molecule has 2 aliphatic rings. The number of nitrogens with zero attached hydrogens (tertiary/aromatic N) is 1. The fraction of sp³-hybridized carbons (Fsp3) is 0.562. The lowest BCUT2D eigenvalue weighted by Gasteiger charge is -2.20. The van der Waals surface area contributed by atoms with Crippen molar-refractivity contribution in [1.82, 2.24) is 15.4 Å². The Balaban J connectivity index is 1.42. The average molecular weight is 303 g/mol. The van der Waals surface area contributed by atoms with E-state index in [4.69, 9.17) is 0 Å². The van der Waals surface area contributed by atoms with E-state index in [1.165, 1.54) is 29.9 Å². The van der Waals surface area contributed by atoms with Crippen molar-refractivity contribution in [3.8, 4) is 0 Å². The first kappa shape index (κ1) is 14.8. The summed E-state index contributed by atoms with van der Waals surface area (Å²) in [5.41, 5.74) is 4.59. The number of hydrogen-bond acceptors (Lipinski definition) is 3. The lowest BCUT2D eigenvalue weighted by Crippen LogP contribution is -2.44. The van der Waals surface area contributed by atoms with Crippen LogP contribution in [0.15, 0.2) is 29.2 Å². The van der Waals surface area contributed by atoms with Crippen molar-refractivity contribution < 1.29 is 9.59 Å². The van der Waals surface area contributed by atoms with Crippen molar-refractivity contribution in [2.24, 2.45) is 17.8 Å². The second-order valence-electron chi connectivity index (χ2n) is 6.40. The van der Waals surface area contributed by atoms with Crippen LogP contribution in [0.1, 0.15) is 32.1 Å². The van der Waals surface area contributed by atoms with Crippen molar-refractivity contribution in [1.29, 1.82) is 0 Å². The molecule has 2 fully saturated rings. The number of hydrazine groups is 1. The minimum Gasteiger partial charge on any atom is -0.306 e. The smallest absolute Gasteiger partial charge is 0.258 e. The fourth-order valence-corrected chi connectivity index (χ4v) is 3.84. The van der Waals surface area contributed by atoms with Crippen LogP contribution in [0.2, 0.25) is 0 Å². The largest absolute Gasteiger partial charge is 0.306 e. The molecule has 2 saturated carbocycles. The van der Waals surface area contributed by atoms with Gasteiger partial charge >= 0.3 is 0 Å². The monoisotopic (exact) mass is 303 g/mol. The second kappa shape index (κ2) is 6.34. The lowest BCUT2D eigenvalue weighted by atomic mass is 9.86. The fourth-order valence-electron chi connectivity index (χ4n) is 3.84. The molecule has 0 radical (unpaired) electrons. The first-order valence-corrected chi connectivity index (χ1v) is 7.85. The van der Waals surface area contributed by atoms with E-state index >= 15 is 0 Å². The van der Waals surface area contributed by atoms with E-state index in [0.29, 0.717) is 18.3 Å². The molecule has 22 heavy (non-hydrogen) atoms. The standard InChI is InChI=1S/C16H21N3O3/c20-14(9-13-8-11-4-5-12(13)7-11)17-18-15(21)10-19-6-2-1-3-16(19)22/h1-3,6,11-13H,4-5,7-10H2,(H,17,20)(H,18,21)/t11-,12+,13-/m0/s1. The molecule has 6 heteroatoms. The predicted octanol–water partition coefficient (Wildman–Crippen LogP) is 0.822. The molecule has 3 atom stereocenters. The van der Waals surface area contributed by atoms with E-state index in [2.05, 4.69) is 10.9 Å². The highest BCUT2D eigenvalue weighted by molar-refractivity contribution is 5.82. The van der Waals surface area contributed by atoms with Gasteiger partial charge in [0, 0.05) is 18.7 Å². The van der Waals surface area contributed by atoms with Gasteiger partial charge in [0.1, 0.15) is 6.54 Å². The number of rotatable bonds is 4. The number of carbonyl (C=O) groups excluding carboxylic acids is 2. The Labute approximate surface area is 128 Å². The Morgan fingerprint density at radius 3 is 2.64 bits per heavy atom. The van der Waals surface area contributed by atoms with Gasteiger partial charge in [0.2, 0.25) is 5.91 Å². The third kappa shape index (κ3) is 3.37. The number of pyridine rings is 1. The van der Waals surface area contributed by atoms with Crippen LogP contribution in [0.25, 0.3) is 0 Å². The van der Waals surface area contributed by atoms with Crippen LogP contribution in [0.3, 0.4) is 0 Å². The zero-order chi connectivity index (χ0) is 15.5. The second-order valence-corrected chi connectivity index (χ2v) is 6.40. The van der Waals surface area contributed by atoms with Gasteiger partial charge < -0.3 is 4.57 Å². The molecule has 1 aromatic rings. The Hall–Kier alpha value is -2.11. The molecule has 0 spiro atoms. The molecule has 2 aliphatic carbocycles. The number of carbonyl (C=O) groups is 2. The Kier molecular flexibility index (Phi) is 4.27. The summed E-state index contributed by atoms with van der Waals surface area (Å²) in [6.07, 6.45) is 6.98. The summed E-state index contributed by atoms with van der Waals surface area (Å²) in [5, 5.41) is 0. The molecule has 3 rings (SSSR count). The van der Waals surface area contributed by atoms with Gasteiger partial charge in [0.05, 0.1) is 0 Å². The molecule has 2 amide bonds. The minimum absolute atomic E-state index is 0.103. The zero-order valence-corrected chi connectivity index (χ0v) is 12.5. The van der Waals surface area contributed by atoms with Crippen LogP contribution in [0.5, 0.6) is 0 Å². The van der Waals surface area contributed by atoms with Gasteiger partial charge in [-0.25, -0.2) is 0 Å². The van der Waals surface area contributed by atoms with Crippen LogP contribution in [-0.4, -0.2) is 16.4 Å². The molecule has 1 heterocycles. The maximum Gasteiger partial charge on any atom is 0.258 e. The van der Waals surface area contributed by atoms with E-state index in [1.807, 2.05) is 0 Å². The lowest BCUT2D eigenvalue weighted by molar-refractivity contribution is -0.130. The molecule has 0 aromatic carbocycles. The molecule has 0 unspecified atom stereocenters. The summed E-state index contributed by atoms with van der Waals surface area (Å²) in [4.78, 5) is 35.1. The summed E-state index contributed by atoms with van der Waals surface area (Å²) in [6, 6.07) is 4.69. The van der Waals surface area contributed by atoms with E-state index in [9.17, 15) is 14.4 Å². The number of aromatic nitrogens is 1. The van der Waals surface area contributed by atoms with Crippen LogP contribution in [-0.2, 0) is 16.1 Å². The highest BCUT2D eigenvalue weighted by Gasteiger charge is 2.40. The third-order valence-corrected chi connectivity index (χ3v) is 4.89. The molecule has 2 N–H and O–H groups in total. The van der Waals surface area contributed by atoms with Crippen LogP contribution >= 0.6 is 0 Å². The Morgan fingerprint density at radius 2 is 1.95 bits per heavy atom. The first-order valence-electron chi connectivity index (χ1n) is 7.85.